The second kappa shape index (κ2) is 8.05. The van der Waals surface area contributed by atoms with Gasteiger partial charge in [-0.25, -0.2) is 13.9 Å². The summed E-state index contributed by atoms with van der Waals surface area (Å²) in [4.78, 5) is 0. The lowest BCUT2D eigenvalue weighted by atomic mass is 10.3. The van der Waals surface area contributed by atoms with Crippen molar-refractivity contribution >= 4 is 7.67 Å². The molecular formula is C15H23N2O2P. The van der Waals surface area contributed by atoms with Crippen LogP contribution in [-0.2, 0) is 4.57 Å². The van der Waals surface area contributed by atoms with E-state index in [1.54, 1.807) is 47.7 Å². The van der Waals surface area contributed by atoms with Gasteiger partial charge in [0.05, 0.1) is 0 Å². The Hall–Kier alpha value is -1.35. The van der Waals surface area contributed by atoms with Gasteiger partial charge in [-0.3, -0.25) is 0 Å². The lowest BCUT2D eigenvalue weighted by Crippen LogP contribution is -2.30. The third-order valence-electron chi connectivity index (χ3n) is 2.88. The van der Waals surface area contributed by atoms with E-state index in [0.717, 1.165) is 6.42 Å². The summed E-state index contributed by atoms with van der Waals surface area (Å²) < 4.78 is 22.5. The summed E-state index contributed by atoms with van der Waals surface area (Å²) in [5, 5.41) is 0. The molecule has 5 heteroatoms. The molecule has 0 fully saturated rings. The molecule has 1 unspecified atom stereocenters. The first-order valence-corrected chi connectivity index (χ1v) is 8.07. The van der Waals surface area contributed by atoms with Crippen molar-refractivity contribution in [3.8, 4) is 5.75 Å². The largest absolute Gasteiger partial charge is 0.422 e. The van der Waals surface area contributed by atoms with E-state index in [-0.39, 0.29) is 0 Å². The lowest BCUT2D eigenvalue weighted by Gasteiger charge is -2.33. The Morgan fingerprint density at radius 1 is 1.15 bits per heavy atom. The maximum Gasteiger partial charge on any atom is 0.395 e. The highest BCUT2D eigenvalue weighted by Crippen LogP contribution is 2.52. The first-order chi connectivity index (χ1) is 9.54. The number of benzene rings is 1. The van der Waals surface area contributed by atoms with Crippen LogP contribution in [0.15, 0.2) is 55.6 Å². The van der Waals surface area contributed by atoms with E-state index in [0.29, 0.717) is 18.8 Å². The Kier molecular flexibility index (Phi) is 6.73. The van der Waals surface area contributed by atoms with Gasteiger partial charge in [-0.1, -0.05) is 30.4 Å². The monoisotopic (exact) mass is 294 g/mol. The van der Waals surface area contributed by atoms with Gasteiger partial charge in [-0.05, 0) is 32.6 Å². The van der Waals surface area contributed by atoms with Gasteiger partial charge >= 0.3 is 7.67 Å². The zero-order chi connectivity index (χ0) is 15.0. The fourth-order valence-corrected chi connectivity index (χ4v) is 3.60. The zero-order valence-electron chi connectivity index (χ0n) is 12.2. The van der Waals surface area contributed by atoms with Crippen molar-refractivity contribution in [3.63, 3.8) is 0 Å². The topological polar surface area (TPSA) is 32.8 Å². The minimum Gasteiger partial charge on any atom is -0.422 e. The van der Waals surface area contributed by atoms with E-state index in [2.05, 4.69) is 13.2 Å². The van der Waals surface area contributed by atoms with E-state index in [1.807, 2.05) is 18.2 Å². The van der Waals surface area contributed by atoms with Crippen molar-refractivity contribution in [3.05, 3.63) is 55.6 Å². The zero-order valence-corrected chi connectivity index (χ0v) is 13.1. The first-order valence-electron chi connectivity index (χ1n) is 6.54. The van der Waals surface area contributed by atoms with Crippen LogP contribution in [0.25, 0.3) is 0 Å². The van der Waals surface area contributed by atoms with Crippen LogP contribution in [0.1, 0.15) is 6.42 Å². The van der Waals surface area contributed by atoms with Crippen LogP contribution >= 0.6 is 7.67 Å². The van der Waals surface area contributed by atoms with Crippen LogP contribution in [0.3, 0.4) is 0 Å². The molecule has 1 atom stereocenters. The Morgan fingerprint density at radius 3 is 2.35 bits per heavy atom. The van der Waals surface area contributed by atoms with E-state index < -0.39 is 7.67 Å². The number of rotatable bonds is 9. The van der Waals surface area contributed by atoms with E-state index in [9.17, 15) is 4.57 Å². The molecule has 0 aliphatic heterocycles. The molecule has 1 rings (SSSR count). The smallest absolute Gasteiger partial charge is 0.395 e. The average molecular weight is 294 g/mol. The molecule has 1 aromatic carbocycles. The van der Waals surface area contributed by atoms with Crippen LogP contribution in [0.4, 0.5) is 0 Å². The van der Waals surface area contributed by atoms with Gasteiger partial charge in [0, 0.05) is 13.1 Å². The molecule has 0 heterocycles. The molecule has 0 aliphatic carbocycles. The van der Waals surface area contributed by atoms with Gasteiger partial charge in [0.25, 0.3) is 0 Å². The Bertz CT molecular complexity index is 476. The highest BCUT2D eigenvalue weighted by molar-refractivity contribution is 7.54. The summed E-state index contributed by atoms with van der Waals surface area (Å²) in [6.45, 7) is 8.49. The van der Waals surface area contributed by atoms with Gasteiger partial charge in [0.1, 0.15) is 5.75 Å². The van der Waals surface area contributed by atoms with Crippen molar-refractivity contribution in [1.82, 2.24) is 9.34 Å². The van der Waals surface area contributed by atoms with Gasteiger partial charge in [-0.15, -0.1) is 13.2 Å². The molecule has 0 saturated heterocycles. The van der Waals surface area contributed by atoms with Gasteiger partial charge in [-0.2, -0.15) is 0 Å². The summed E-state index contributed by atoms with van der Waals surface area (Å²) in [6, 6.07) is 9.21. The first kappa shape index (κ1) is 16.7. The Morgan fingerprint density at radius 2 is 1.80 bits per heavy atom. The minimum absolute atomic E-state index is 0.489. The van der Waals surface area contributed by atoms with Gasteiger partial charge in [0.15, 0.2) is 0 Å². The van der Waals surface area contributed by atoms with Crippen LogP contribution < -0.4 is 4.52 Å². The SMILES string of the molecule is C=CCCN(C)P(=O)(Oc1ccccc1)N(C)CC=C. The normalized spacial score (nSPS) is 14.0. The number of para-hydroxylation sites is 1. The van der Waals surface area contributed by atoms with Gasteiger partial charge in [0.2, 0.25) is 0 Å². The van der Waals surface area contributed by atoms with E-state index in [4.69, 9.17) is 4.52 Å². The quantitative estimate of drug-likeness (QED) is 0.512. The minimum atomic E-state index is -3.12. The van der Waals surface area contributed by atoms with Crippen molar-refractivity contribution < 1.29 is 9.09 Å². The van der Waals surface area contributed by atoms with Crippen LogP contribution in [0.5, 0.6) is 5.75 Å². The molecule has 0 bridgehead atoms. The molecule has 0 saturated carbocycles. The highest BCUT2D eigenvalue weighted by Gasteiger charge is 2.34. The fraction of sp³-hybridized carbons (Fsp3) is 0.333. The van der Waals surface area contributed by atoms with E-state index in [1.165, 1.54) is 0 Å². The summed E-state index contributed by atoms with van der Waals surface area (Å²) in [7, 11) is 0.450. The molecule has 20 heavy (non-hydrogen) atoms. The molecule has 0 amide bonds. The molecule has 4 nitrogen and oxygen atoms in total. The molecule has 0 aromatic heterocycles. The number of nitrogens with zero attached hydrogens (tertiary/aromatic N) is 2. The third kappa shape index (κ3) is 4.34. The van der Waals surface area contributed by atoms with Gasteiger partial charge < -0.3 is 4.52 Å². The molecule has 0 aliphatic rings. The van der Waals surface area contributed by atoms with E-state index >= 15 is 0 Å². The molecule has 0 N–H and O–H groups in total. The number of likely N-dealkylation sites (N-methyl/N-ethyl adjacent to an activating group) is 1. The summed E-state index contributed by atoms with van der Waals surface area (Å²) in [6.07, 6.45) is 4.26. The summed E-state index contributed by atoms with van der Waals surface area (Å²) in [5.74, 6) is 0.595. The maximum atomic E-state index is 13.2. The number of hydrogen-bond donors (Lipinski definition) is 0. The second-order valence-electron chi connectivity index (χ2n) is 4.48. The van der Waals surface area contributed by atoms with Crippen LogP contribution in [0.2, 0.25) is 0 Å². The fourth-order valence-electron chi connectivity index (χ4n) is 1.71. The van der Waals surface area contributed by atoms with Crippen molar-refractivity contribution in [2.75, 3.05) is 27.2 Å². The Balaban J connectivity index is 2.96. The summed E-state index contributed by atoms with van der Waals surface area (Å²) >= 11 is 0. The molecule has 110 valence electrons. The predicted molar refractivity (Wildman–Crippen MR) is 84.9 cm³/mol. The standard InChI is InChI=1S/C15H23N2O2P/c1-5-7-14-17(4)20(18,16(3)13-6-2)19-15-11-9-8-10-12-15/h5-6,8-12H,1-2,7,13-14H2,3-4H3. The highest BCUT2D eigenvalue weighted by atomic mass is 31.2. The molecule has 0 spiro atoms. The van der Waals surface area contributed by atoms with Crippen molar-refractivity contribution in [2.45, 2.75) is 6.42 Å². The van der Waals surface area contributed by atoms with Crippen LogP contribution in [0, 0.1) is 0 Å². The Labute approximate surface area is 121 Å². The molecule has 1 aromatic rings. The average Bonchev–Trinajstić information content (AvgIpc) is 2.45. The van der Waals surface area contributed by atoms with Crippen LogP contribution in [-0.4, -0.2) is 36.5 Å². The summed E-state index contributed by atoms with van der Waals surface area (Å²) in [5.41, 5.74) is 0. The maximum absolute atomic E-state index is 13.2. The molecular weight excluding hydrogens is 271 g/mol. The second-order valence-corrected chi connectivity index (χ2v) is 7.01. The third-order valence-corrected chi connectivity index (χ3v) is 5.42. The number of hydrogen-bond acceptors (Lipinski definition) is 2. The lowest BCUT2D eigenvalue weighted by molar-refractivity contribution is 0.325. The molecule has 0 radical (unpaired) electrons. The predicted octanol–water partition coefficient (Wildman–Crippen LogP) is 3.80. The van der Waals surface area contributed by atoms with Crippen molar-refractivity contribution in [2.24, 2.45) is 0 Å². The van der Waals surface area contributed by atoms with Crippen molar-refractivity contribution in [1.29, 1.82) is 0 Å².